The Kier molecular flexibility index (Phi) is 7.10. The third kappa shape index (κ3) is 4.86. The van der Waals surface area contributed by atoms with Crippen LogP contribution in [0.2, 0.25) is 5.02 Å². The lowest BCUT2D eigenvalue weighted by Crippen LogP contribution is -2.31. The average Bonchev–Trinajstić information content (AvgIpc) is 2.81. The van der Waals surface area contributed by atoms with Gasteiger partial charge in [-0.2, -0.15) is 20.1 Å². The van der Waals surface area contributed by atoms with Gasteiger partial charge in [-0.25, -0.2) is 5.43 Å². The molecule has 0 saturated carbocycles. The number of hydrogen-bond acceptors (Lipinski definition) is 7. The third-order valence-electron chi connectivity index (χ3n) is 4.87. The van der Waals surface area contributed by atoms with Crippen molar-refractivity contribution in [2.24, 2.45) is 5.10 Å². The van der Waals surface area contributed by atoms with Gasteiger partial charge in [-0.05, 0) is 43.7 Å². The summed E-state index contributed by atoms with van der Waals surface area (Å²) >= 11 is 6.17. The van der Waals surface area contributed by atoms with Crippen LogP contribution in [0.5, 0.6) is 11.5 Å². The maximum absolute atomic E-state index is 12.8. The Labute approximate surface area is 194 Å². The fraction of sp³-hybridized carbons (Fsp3) is 0.174. The first kappa shape index (κ1) is 23.5. The van der Waals surface area contributed by atoms with Crippen molar-refractivity contribution in [2.45, 2.75) is 13.8 Å². The number of hydrazone groups is 1. The summed E-state index contributed by atoms with van der Waals surface area (Å²) in [5, 5.41) is 18.0. The number of halogens is 1. The molecular weight excluding hydrogens is 446 g/mol. The molecule has 0 radical (unpaired) electrons. The Morgan fingerprint density at radius 2 is 1.97 bits per heavy atom. The number of nitrogens with one attached hydrogen (secondary N) is 1. The van der Waals surface area contributed by atoms with Crippen LogP contribution in [0.25, 0.3) is 5.69 Å². The number of aryl methyl sites for hydroxylation is 1. The lowest BCUT2D eigenvalue weighted by Gasteiger charge is -2.11. The van der Waals surface area contributed by atoms with Gasteiger partial charge in [0.1, 0.15) is 23.1 Å². The van der Waals surface area contributed by atoms with Crippen LogP contribution in [-0.2, 0) is 0 Å². The van der Waals surface area contributed by atoms with Crippen molar-refractivity contribution in [3.05, 3.63) is 79.7 Å². The molecule has 168 valence electrons. The summed E-state index contributed by atoms with van der Waals surface area (Å²) in [7, 11) is 3.04. The highest BCUT2D eigenvalue weighted by atomic mass is 35.5. The summed E-state index contributed by atoms with van der Waals surface area (Å²) in [6.07, 6.45) is 1.40. The molecule has 0 atom stereocenters. The lowest BCUT2D eigenvalue weighted by molar-refractivity contribution is 0.0947. The molecule has 10 heteroatoms. The number of benzene rings is 2. The monoisotopic (exact) mass is 465 g/mol. The van der Waals surface area contributed by atoms with Crippen LogP contribution < -0.4 is 20.5 Å². The van der Waals surface area contributed by atoms with Crippen molar-refractivity contribution in [3.8, 4) is 23.3 Å². The Morgan fingerprint density at radius 1 is 1.21 bits per heavy atom. The quantitative estimate of drug-likeness (QED) is 0.441. The summed E-state index contributed by atoms with van der Waals surface area (Å²) in [6.45, 7) is 3.29. The fourth-order valence-corrected chi connectivity index (χ4v) is 3.15. The van der Waals surface area contributed by atoms with E-state index in [0.29, 0.717) is 27.8 Å². The maximum atomic E-state index is 12.8. The summed E-state index contributed by atoms with van der Waals surface area (Å²) in [5.74, 6) is 0.410. The van der Waals surface area contributed by atoms with E-state index in [2.05, 4.69) is 15.6 Å². The van der Waals surface area contributed by atoms with Gasteiger partial charge >= 0.3 is 0 Å². The van der Waals surface area contributed by atoms with E-state index in [9.17, 15) is 14.9 Å². The number of hydrogen-bond donors (Lipinski definition) is 1. The molecular formula is C23H20ClN5O4. The Morgan fingerprint density at radius 3 is 2.61 bits per heavy atom. The molecule has 1 aromatic heterocycles. The SMILES string of the molecule is COc1ccc(/C=N/NC(=O)c2nn(-c3ccc(C)c(Cl)c3)c(=O)c(C#N)c2C)c(OC)c1. The summed E-state index contributed by atoms with van der Waals surface area (Å²) in [5.41, 5.74) is 3.27. The van der Waals surface area contributed by atoms with E-state index in [4.69, 9.17) is 21.1 Å². The number of rotatable bonds is 6. The zero-order chi connectivity index (χ0) is 24.1. The molecule has 3 aromatic rings. The minimum atomic E-state index is -0.695. The summed E-state index contributed by atoms with van der Waals surface area (Å²) < 4.78 is 11.4. The molecule has 1 N–H and O–H groups in total. The van der Waals surface area contributed by atoms with Crippen LogP contribution in [0, 0.1) is 25.2 Å². The Bertz CT molecular complexity index is 1360. The maximum Gasteiger partial charge on any atom is 0.292 e. The van der Waals surface area contributed by atoms with E-state index < -0.39 is 11.5 Å². The highest BCUT2D eigenvalue weighted by Crippen LogP contribution is 2.23. The van der Waals surface area contributed by atoms with Gasteiger partial charge in [-0.3, -0.25) is 9.59 Å². The van der Waals surface area contributed by atoms with Crippen molar-refractivity contribution in [2.75, 3.05) is 14.2 Å². The molecule has 33 heavy (non-hydrogen) atoms. The molecule has 9 nitrogen and oxygen atoms in total. The van der Waals surface area contributed by atoms with Crippen molar-refractivity contribution in [1.82, 2.24) is 15.2 Å². The second-order valence-electron chi connectivity index (χ2n) is 6.92. The Hall–Kier alpha value is -4.16. The second-order valence-corrected chi connectivity index (χ2v) is 7.33. The second kappa shape index (κ2) is 9.97. The van der Waals surface area contributed by atoms with Gasteiger partial charge in [0.15, 0.2) is 5.69 Å². The molecule has 0 aliphatic rings. The van der Waals surface area contributed by atoms with Crippen molar-refractivity contribution >= 4 is 23.7 Å². The molecule has 1 heterocycles. The first-order valence-corrected chi connectivity index (χ1v) is 10.0. The molecule has 0 unspecified atom stereocenters. The number of nitrogens with zero attached hydrogens (tertiary/aromatic N) is 4. The van der Waals surface area contributed by atoms with Gasteiger partial charge in [0.05, 0.1) is 26.1 Å². The molecule has 0 aliphatic heterocycles. The van der Waals surface area contributed by atoms with Gasteiger partial charge in [-0.15, -0.1) is 0 Å². The van der Waals surface area contributed by atoms with E-state index in [-0.39, 0.29) is 16.8 Å². The molecule has 0 saturated heterocycles. The van der Waals surface area contributed by atoms with Gasteiger partial charge in [-0.1, -0.05) is 17.7 Å². The zero-order valence-electron chi connectivity index (χ0n) is 18.3. The van der Waals surface area contributed by atoms with E-state index in [0.717, 1.165) is 10.2 Å². The lowest BCUT2D eigenvalue weighted by atomic mass is 10.1. The molecule has 1 amide bonds. The minimum Gasteiger partial charge on any atom is -0.497 e. The number of methoxy groups -OCH3 is 2. The Balaban J connectivity index is 1.96. The van der Waals surface area contributed by atoms with E-state index in [1.807, 2.05) is 13.0 Å². The predicted molar refractivity (Wildman–Crippen MR) is 124 cm³/mol. The smallest absolute Gasteiger partial charge is 0.292 e. The fourth-order valence-electron chi connectivity index (χ4n) is 2.98. The topological polar surface area (TPSA) is 119 Å². The highest BCUT2D eigenvalue weighted by Gasteiger charge is 2.20. The zero-order valence-corrected chi connectivity index (χ0v) is 19.1. The average molecular weight is 466 g/mol. The van der Waals surface area contributed by atoms with Crippen LogP contribution in [0.4, 0.5) is 0 Å². The normalized spacial score (nSPS) is 10.7. The molecule has 0 bridgehead atoms. The van der Waals surface area contributed by atoms with Crippen LogP contribution >= 0.6 is 11.6 Å². The van der Waals surface area contributed by atoms with Crippen LogP contribution in [-0.4, -0.2) is 36.1 Å². The van der Waals surface area contributed by atoms with E-state index in [1.54, 1.807) is 30.3 Å². The van der Waals surface area contributed by atoms with Crippen LogP contribution in [0.3, 0.4) is 0 Å². The van der Waals surface area contributed by atoms with Gasteiger partial charge in [0.25, 0.3) is 11.5 Å². The van der Waals surface area contributed by atoms with Gasteiger partial charge < -0.3 is 9.47 Å². The highest BCUT2D eigenvalue weighted by molar-refractivity contribution is 6.31. The number of amides is 1. The van der Waals surface area contributed by atoms with Crippen LogP contribution in [0.1, 0.15) is 32.7 Å². The summed E-state index contributed by atoms with van der Waals surface area (Å²) in [4.78, 5) is 25.6. The predicted octanol–water partition coefficient (Wildman–Crippen LogP) is 3.16. The van der Waals surface area contributed by atoms with E-state index >= 15 is 0 Å². The summed E-state index contributed by atoms with van der Waals surface area (Å²) in [6, 6.07) is 11.8. The molecule has 3 rings (SSSR count). The first-order valence-electron chi connectivity index (χ1n) is 9.66. The standard InChI is InChI=1S/C23H20ClN5O4/c1-13-5-7-16(9-19(13)24)29-23(31)18(11-25)14(2)21(28-29)22(30)27-26-12-15-6-8-17(32-3)10-20(15)33-4/h5-10,12H,1-4H3,(H,27,30)/b26-12+. The number of ether oxygens (including phenoxy) is 2. The largest absolute Gasteiger partial charge is 0.497 e. The molecule has 0 aliphatic carbocycles. The molecule has 0 fully saturated rings. The number of aromatic nitrogens is 2. The van der Waals surface area contributed by atoms with Gasteiger partial charge in [0, 0.05) is 22.2 Å². The number of carbonyl (C=O) groups is 1. The van der Waals surface area contributed by atoms with E-state index in [1.165, 1.54) is 33.4 Å². The molecule has 2 aromatic carbocycles. The van der Waals surface area contributed by atoms with Crippen molar-refractivity contribution in [3.63, 3.8) is 0 Å². The van der Waals surface area contributed by atoms with Crippen molar-refractivity contribution < 1.29 is 14.3 Å². The minimum absolute atomic E-state index is 0.123. The number of carbonyl (C=O) groups excluding carboxylic acids is 1. The molecule has 0 spiro atoms. The van der Waals surface area contributed by atoms with Gasteiger partial charge in [0.2, 0.25) is 0 Å². The van der Waals surface area contributed by atoms with Crippen LogP contribution in [0.15, 0.2) is 46.3 Å². The number of nitriles is 1. The third-order valence-corrected chi connectivity index (χ3v) is 5.28. The van der Waals surface area contributed by atoms with Crippen molar-refractivity contribution in [1.29, 1.82) is 5.26 Å². The first-order chi connectivity index (χ1) is 15.8.